The van der Waals surface area contributed by atoms with Gasteiger partial charge in [0.15, 0.2) is 0 Å². The lowest BCUT2D eigenvalue weighted by Crippen LogP contribution is -2.46. The van der Waals surface area contributed by atoms with Crippen LogP contribution in [-0.2, 0) is 9.53 Å². The molecule has 0 aromatic carbocycles. The van der Waals surface area contributed by atoms with Gasteiger partial charge in [0.05, 0.1) is 29.8 Å². The van der Waals surface area contributed by atoms with Crippen molar-refractivity contribution in [1.29, 1.82) is 0 Å². The molecule has 0 spiro atoms. The normalized spacial score (nSPS) is 22.5. The zero-order valence-corrected chi connectivity index (χ0v) is 14.1. The van der Waals surface area contributed by atoms with Crippen molar-refractivity contribution >= 4 is 23.2 Å². The zero-order chi connectivity index (χ0) is 16.4. The van der Waals surface area contributed by atoms with E-state index in [0.717, 1.165) is 10.7 Å². The Morgan fingerprint density at radius 1 is 1.39 bits per heavy atom. The van der Waals surface area contributed by atoms with Crippen molar-refractivity contribution in [2.24, 2.45) is 0 Å². The maximum Gasteiger partial charge on any atom is 0.306 e. The lowest BCUT2D eigenvalue weighted by molar-refractivity contribution is -0.141. The number of rotatable bonds is 4. The van der Waals surface area contributed by atoms with Crippen LogP contribution in [0.15, 0.2) is 0 Å². The van der Waals surface area contributed by atoms with E-state index in [1.807, 2.05) is 6.92 Å². The van der Waals surface area contributed by atoms with Crippen LogP contribution in [-0.4, -0.2) is 52.7 Å². The van der Waals surface area contributed by atoms with Crippen molar-refractivity contribution in [2.75, 3.05) is 19.7 Å². The molecule has 7 heteroatoms. The van der Waals surface area contributed by atoms with E-state index >= 15 is 0 Å². The summed E-state index contributed by atoms with van der Waals surface area (Å²) in [5.74, 6) is -0.436. The Hall–Kier alpha value is -1.47. The van der Waals surface area contributed by atoms with Gasteiger partial charge in [-0.25, -0.2) is 4.98 Å². The first-order chi connectivity index (χ1) is 11.0. The molecule has 2 aliphatic rings. The number of aliphatic carboxylic acids is 1. The highest BCUT2D eigenvalue weighted by molar-refractivity contribution is 7.13. The van der Waals surface area contributed by atoms with Crippen LogP contribution in [0.4, 0.5) is 0 Å². The Bertz CT molecular complexity index is 595. The quantitative estimate of drug-likeness (QED) is 0.912. The number of hydrogen-bond donors (Lipinski definition) is 1. The van der Waals surface area contributed by atoms with Crippen molar-refractivity contribution < 1.29 is 19.4 Å². The lowest BCUT2D eigenvalue weighted by Gasteiger charge is -2.32. The fourth-order valence-electron chi connectivity index (χ4n) is 3.33. The number of carboxylic acid groups (broad SMARTS) is 1. The predicted octanol–water partition coefficient (Wildman–Crippen LogP) is 2.42. The highest BCUT2D eigenvalue weighted by atomic mass is 32.1. The van der Waals surface area contributed by atoms with E-state index in [-0.39, 0.29) is 12.3 Å². The van der Waals surface area contributed by atoms with Crippen LogP contribution in [0.25, 0.3) is 0 Å². The van der Waals surface area contributed by atoms with Crippen molar-refractivity contribution in [2.45, 2.75) is 51.0 Å². The van der Waals surface area contributed by atoms with Crippen LogP contribution in [0.3, 0.4) is 0 Å². The first-order valence-electron chi connectivity index (χ1n) is 8.14. The molecule has 1 aromatic rings. The molecule has 23 heavy (non-hydrogen) atoms. The SMILES string of the molecule is Cc1nc(C2CCCC2)sc1C(=O)N1CCOC(CC(=O)O)C1. The monoisotopic (exact) mass is 338 g/mol. The van der Waals surface area contributed by atoms with Crippen LogP contribution in [0.2, 0.25) is 0 Å². The summed E-state index contributed by atoms with van der Waals surface area (Å²) < 4.78 is 5.43. The van der Waals surface area contributed by atoms with E-state index in [0.29, 0.717) is 30.5 Å². The first-order valence-corrected chi connectivity index (χ1v) is 8.96. The number of carbonyl (C=O) groups excluding carboxylic acids is 1. The third-order valence-electron chi connectivity index (χ3n) is 4.54. The summed E-state index contributed by atoms with van der Waals surface area (Å²) in [7, 11) is 0. The second-order valence-electron chi connectivity index (χ2n) is 6.29. The molecule has 1 N–H and O–H groups in total. The number of ether oxygens (including phenoxy) is 1. The molecule has 1 unspecified atom stereocenters. The molecule has 0 bridgehead atoms. The summed E-state index contributed by atoms with van der Waals surface area (Å²) in [6, 6.07) is 0. The molecule has 6 nitrogen and oxygen atoms in total. The smallest absolute Gasteiger partial charge is 0.306 e. The molecule has 1 aliphatic carbocycles. The van der Waals surface area contributed by atoms with Crippen LogP contribution in [0.5, 0.6) is 0 Å². The Morgan fingerprint density at radius 2 is 2.13 bits per heavy atom. The van der Waals surface area contributed by atoms with Crippen molar-refractivity contribution in [3.05, 3.63) is 15.6 Å². The van der Waals surface area contributed by atoms with Crippen LogP contribution < -0.4 is 0 Å². The molecule has 2 heterocycles. The molecule has 1 amide bonds. The second kappa shape index (κ2) is 6.97. The Balaban J connectivity index is 1.70. The summed E-state index contributed by atoms with van der Waals surface area (Å²) in [5.41, 5.74) is 0.795. The van der Waals surface area contributed by atoms with Crippen molar-refractivity contribution in [3.63, 3.8) is 0 Å². The highest BCUT2D eigenvalue weighted by Crippen LogP contribution is 2.37. The van der Waals surface area contributed by atoms with Crippen molar-refractivity contribution in [1.82, 2.24) is 9.88 Å². The molecule has 1 saturated carbocycles. The minimum atomic E-state index is -0.901. The molecule has 1 aromatic heterocycles. The van der Waals surface area contributed by atoms with Crippen LogP contribution in [0.1, 0.15) is 58.4 Å². The third-order valence-corrected chi connectivity index (χ3v) is 5.85. The second-order valence-corrected chi connectivity index (χ2v) is 7.32. The topological polar surface area (TPSA) is 79.7 Å². The lowest BCUT2D eigenvalue weighted by atomic mass is 10.1. The van der Waals surface area contributed by atoms with E-state index in [1.165, 1.54) is 37.0 Å². The number of nitrogens with zero attached hydrogens (tertiary/aromatic N) is 2. The molecule has 3 rings (SSSR count). The number of thiazole rings is 1. The van der Waals surface area contributed by atoms with E-state index in [2.05, 4.69) is 4.98 Å². The zero-order valence-electron chi connectivity index (χ0n) is 13.3. The van der Waals surface area contributed by atoms with Crippen LogP contribution >= 0.6 is 11.3 Å². The largest absolute Gasteiger partial charge is 0.481 e. The van der Waals surface area contributed by atoms with E-state index in [9.17, 15) is 9.59 Å². The fourth-order valence-corrected chi connectivity index (χ4v) is 4.53. The highest BCUT2D eigenvalue weighted by Gasteiger charge is 2.30. The molecular weight excluding hydrogens is 316 g/mol. The summed E-state index contributed by atoms with van der Waals surface area (Å²) in [5, 5.41) is 9.97. The van der Waals surface area contributed by atoms with Gasteiger partial charge in [-0.2, -0.15) is 0 Å². The minimum Gasteiger partial charge on any atom is -0.481 e. The average Bonchev–Trinajstić information content (AvgIpc) is 3.15. The van der Waals surface area contributed by atoms with E-state index < -0.39 is 12.1 Å². The van der Waals surface area contributed by atoms with E-state index in [1.54, 1.807) is 4.90 Å². The molecular formula is C16H22N2O4S. The number of carbonyl (C=O) groups is 2. The predicted molar refractivity (Wildman–Crippen MR) is 86.0 cm³/mol. The summed E-state index contributed by atoms with van der Waals surface area (Å²) in [6.07, 6.45) is 4.32. The molecule has 2 fully saturated rings. The molecule has 1 atom stereocenters. The standard InChI is InChI=1S/C16H22N2O4S/c1-10-14(23-15(17-10)11-4-2-3-5-11)16(21)18-6-7-22-12(9-18)8-13(19)20/h11-12H,2-9H2,1H3,(H,19,20). The van der Waals surface area contributed by atoms with E-state index in [4.69, 9.17) is 9.84 Å². The summed E-state index contributed by atoms with van der Waals surface area (Å²) >= 11 is 1.51. The number of amides is 1. The van der Waals surface area contributed by atoms with Gasteiger partial charge in [-0.05, 0) is 19.8 Å². The van der Waals surface area contributed by atoms with Gasteiger partial charge < -0.3 is 14.7 Å². The van der Waals surface area contributed by atoms with Gasteiger partial charge in [0.1, 0.15) is 4.88 Å². The van der Waals surface area contributed by atoms with Gasteiger partial charge >= 0.3 is 5.97 Å². The first kappa shape index (κ1) is 16.4. The van der Waals surface area contributed by atoms with Crippen LogP contribution in [0, 0.1) is 6.92 Å². The van der Waals surface area contributed by atoms with Gasteiger partial charge in [-0.3, -0.25) is 9.59 Å². The molecule has 1 aliphatic heterocycles. The summed E-state index contributed by atoms with van der Waals surface area (Å²) in [6.45, 7) is 3.11. The fraction of sp³-hybridized carbons (Fsp3) is 0.688. The molecule has 126 valence electrons. The Morgan fingerprint density at radius 3 is 2.83 bits per heavy atom. The maximum absolute atomic E-state index is 12.8. The third kappa shape index (κ3) is 3.72. The average molecular weight is 338 g/mol. The van der Waals surface area contributed by atoms with Gasteiger partial charge in [0, 0.05) is 19.0 Å². The number of aryl methyl sites for hydroxylation is 1. The van der Waals surface area contributed by atoms with Gasteiger partial charge in [0.2, 0.25) is 0 Å². The van der Waals surface area contributed by atoms with Crippen molar-refractivity contribution in [3.8, 4) is 0 Å². The Labute approximate surface area is 139 Å². The summed E-state index contributed by atoms with van der Waals surface area (Å²) in [4.78, 5) is 30.6. The minimum absolute atomic E-state index is 0.0389. The van der Waals surface area contributed by atoms with Gasteiger partial charge in [-0.1, -0.05) is 12.8 Å². The maximum atomic E-state index is 12.8. The molecule has 1 saturated heterocycles. The number of hydrogen-bond acceptors (Lipinski definition) is 5. The number of morpholine rings is 1. The number of carboxylic acids is 1. The van der Waals surface area contributed by atoms with Gasteiger partial charge in [0.25, 0.3) is 5.91 Å². The van der Waals surface area contributed by atoms with Gasteiger partial charge in [-0.15, -0.1) is 11.3 Å². The Kier molecular flexibility index (Phi) is 4.96. The number of aromatic nitrogens is 1. The molecule has 0 radical (unpaired) electrons.